The molecule has 6 heteroatoms. The van der Waals surface area contributed by atoms with Crippen molar-refractivity contribution in [1.82, 2.24) is 14.5 Å². The molecule has 1 saturated heterocycles. The first-order valence-corrected chi connectivity index (χ1v) is 7.78. The van der Waals surface area contributed by atoms with Crippen molar-refractivity contribution in [2.75, 3.05) is 26.3 Å². The van der Waals surface area contributed by atoms with E-state index < -0.39 is 0 Å². The Morgan fingerprint density at radius 2 is 2.33 bits per heavy atom. The van der Waals surface area contributed by atoms with E-state index in [0.717, 1.165) is 31.8 Å². The van der Waals surface area contributed by atoms with Gasteiger partial charge in [-0.3, -0.25) is 4.79 Å². The van der Waals surface area contributed by atoms with Crippen LogP contribution in [-0.4, -0.2) is 46.7 Å². The Morgan fingerprint density at radius 3 is 2.95 bits per heavy atom. The zero-order valence-electron chi connectivity index (χ0n) is 13.0. The van der Waals surface area contributed by atoms with E-state index in [1.54, 1.807) is 6.33 Å². The molecule has 0 spiro atoms. The van der Waals surface area contributed by atoms with Gasteiger partial charge in [0.25, 0.3) is 0 Å². The maximum atomic E-state index is 12.1. The molecule has 0 radical (unpaired) electrons. The van der Waals surface area contributed by atoms with Crippen LogP contribution in [0.4, 0.5) is 0 Å². The van der Waals surface area contributed by atoms with E-state index in [1.807, 2.05) is 29.5 Å². The number of aromatic nitrogens is 2. The predicted octanol–water partition coefficient (Wildman–Crippen LogP) is 1.18. The zero-order valence-corrected chi connectivity index (χ0v) is 13.0. The molecule has 1 aliphatic heterocycles. The second-order valence-electron chi connectivity index (χ2n) is 5.48. The highest BCUT2D eigenvalue weighted by molar-refractivity contribution is 5.76. The zero-order chi connectivity index (χ0) is 15.2. The molecule has 6 nitrogen and oxygen atoms in total. The van der Waals surface area contributed by atoms with Gasteiger partial charge in [0, 0.05) is 44.8 Å². The second-order valence-corrected chi connectivity index (χ2v) is 5.48. The van der Waals surface area contributed by atoms with Crippen LogP contribution in [0.15, 0.2) is 12.5 Å². The molecule has 2 atom stereocenters. The molecule has 0 aliphatic carbocycles. The molecule has 1 aromatic heterocycles. The molecule has 21 heavy (non-hydrogen) atoms. The largest absolute Gasteiger partial charge is 0.381 e. The van der Waals surface area contributed by atoms with Crippen molar-refractivity contribution in [3.8, 4) is 0 Å². The van der Waals surface area contributed by atoms with Crippen molar-refractivity contribution in [3.05, 3.63) is 18.2 Å². The minimum Gasteiger partial charge on any atom is -0.381 e. The van der Waals surface area contributed by atoms with E-state index in [-0.39, 0.29) is 11.9 Å². The number of nitrogens with two attached hydrogens (primary N) is 1. The van der Waals surface area contributed by atoms with Crippen molar-refractivity contribution >= 4 is 5.91 Å². The van der Waals surface area contributed by atoms with Crippen molar-refractivity contribution in [1.29, 1.82) is 0 Å². The molecule has 1 aliphatic rings. The lowest BCUT2D eigenvalue weighted by molar-refractivity contribution is -0.131. The fourth-order valence-corrected chi connectivity index (χ4v) is 2.82. The fourth-order valence-electron chi connectivity index (χ4n) is 2.82. The molecule has 2 rings (SSSR count). The fraction of sp³-hybridized carbons (Fsp3) is 0.733. The van der Waals surface area contributed by atoms with Crippen molar-refractivity contribution in [2.24, 2.45) is 11.7 Å². The van der Waals surface area contributed by atoms with E-state index in [0.29, 0.717) is 25.5 Å². The molecule has 118 valence electrons. The Bertz CT molecular complexity index is 450. The van der Waals surface area contributed by atoms with Gasteiger partial charge in [-0.25, -0.2) is 4.98 Å². The van der Waals surface area contributed by atoms with Gasteiger partial charge < -0.3 is 19.9 Å². The summed E-state index contributed by atoms with van der Waals surface area (Å²) in [6, 6.07) is -0.0708. The summed E-state index contributed by atoms with van der Waals surface area (Å²) in [6.07, 6.45) is 5.05. The first-order chi connectivity index (χ1) is 10.2. The average Bonchev–Trinajstić information content (AvgIpc) is 3.17. The van der Waals surface area contributed by atoms with Gasteiger partial charge in [0.15, 0.2) is 0 Å². The van der Waals surface area contributed by atoms with Crippen LogP contribution in [0.1, 0.15) is 38.4 Å². The summed E-state index contributed by atoms with van der Waals surface area (Å²) in [5, 5.41) is 0. The molecule has 0 saturated carbocycles. The number of hydrogen-bond acceptors (Lipinski definition) is 4. The van der Waals surface area contributed by atoms with Gasteiger partial charge in [-0.1, -0.05) is 0 Å². The molecule has 2 unspecified atom stereocenters. The SMILES string of the molecule is CCN(CC)C(=O)CCn1cncc1C(N)C1CCOC1. The van der Waals surface area contributed by atoms with Gasteiger partial charge in [0.1, 0.15) is 0 Å². The smallest absolute Gasteiger partial charge is 0.224 e. The summed E-state index contributed by atoms with van der Waals surface area (Å²) in [4.78, 5) is 18.1. The number of amides is 1. The first-order valence-electron chi connectivity index (χ1n) is 7.78. The lowest BCUT2D eigenvalue weighted by Gasteiger charge is -2.21. The quantitative estimate of drug-likeness (QED) is 0.819. The van der Waals surface area contributed by atoms with Crippen LogP contribution in [0, 0.1) is 5.92 Å². The van der Waals surface area contributed by atoms with E-state index in [1.165, 1.54) is 0 Å². The minimum atomic E-state index is -0.0708. The van der Waals surface area contributed by atoms with E-state index in [4.69, 9.17) is 10.5 Å². The highest BCUT2D eigenvalue weighted by atomic mass is 16.5. The van der Waals surface area contributed by atoms with Gasteiger partial charge in [-0.2, -0.15) is 0 Å². The standard InChI is InChI=1S/C15H26N4O2/c1-3-18(4-2)14(20)5-7-19-11-17-9-13(19)15(16)12-6-8-21-10-12/h9,11-12,15H,3-8,10,16H2,1-2H3. The molecule has 2 N–H and O–H groups in total. The second kappa shape index (κ2) is 7.56. The summed E-state index contributed by atoms with van der Waals surface area (Å²) in [7, 11) is 0. The third kappa shape index (κ3) is 3.83. The minimum absolute atomic E-state index is 0.0708. The molecule has 0 aromatic carbocycles. The number of rotatable bonds is 7. The van der Waals surface area contributed by atoms with Gasteiger partial charge >= 0.3 is 0 Å². The Hall–Kier alpha value is -1.40. The Labute approximate surface area is 126 Å². The van der Waals surface area contributed by atoms with Crippen molar-refractivity contribution < 1.29 is 9.53 Å². The van der Waals surface area contributed by atoms with Crippen LogP contribution >= 0.6 is 0 Å². The van der Waals surface area contributed by atoms with Crippen molar-refractivity contribution in [3.63, 3.8) is 0 Å². The molecular formula is C15H26N4O2. The predicted molar refractivity (Wildman–Crippen MR) is 80.6 cm³/mol. The van der Waals surface area contributed by atoms with Gasteiger partial charge in [-0.15, -0.1) is 0 Å². The van der Waals surface area contributed by atoms with Crippen LogP contribution in [0.5, 0.6) is 0 Å². The summed E-state index contributed by atoms with van der Waals surface area (Å²) in [5.41, 5.74) is 7.33. The molecule has 1 amide bonds. The number of hydrogen-bond donors (Lipinski definition) is 1. The molecule has 1 fully saturated rings. The number of imidazole rings is 1. The third-order valence-electron chi connectivity index (χ3n) is 4.24. The van der Waals surface area contributed by atoms with Crippen LogP contribution in [0.3, 0.4) is 0 Å². The molecular weight excluding hydrogens is 268 g/mol. The maximum Gasteiger partial charge on any atom is 0.224 e. The van der Waals surface area contributed by atoms with Crippen LogP contribution in [0.25, 0.3) is 0 Å². The number of carbonyl (C=O) groups excluding carboxylic acids is 1. The van der Waals surface area contributed by atoms with Crippen LogP contribution in [-0.2, 0) is 16.1 Å². The van der Waals surface area contributed by atoms with Gasteiger partial charge in [0.2, 0.25) is 5.91 Å². The lowest BCUT2D eigenvalue weighted by Crippen LogP contribution is -2.31. The monoisotopic (exact) mass is 294 g/mol. The highest BCUT2D eigenvalue weighted by Crippen LogP contribution is 2.26. The highest BCUT2D eigenvalue weighted by Gasteiger charge is 2.26. The van der Waals surface area contributed by atoms with Crippen LogP contribution < -0.4 is 5.73 Å². The third-order valence-corrected chi connectivity index (χ3v) is 4.24. The Balaban J connectivity index is 1.95. The van der Waals surface area contributed by atoms with Crippen LogP contribution in [0.2, 0.25) is 0 Å². The number of carbonyl (C=O) groups is 1. The van der Waals surface area contributed by atoms with E-state index in [9.17, 15) is 4.79 Å². The van der Waals surface area contributed by atoms with E-state index in [2.05, 4.69) is 4.98 Å². The van der Waals surface area contributed by atoms with Gasteiger partial charge in [-0.05, 0) is 20.3 Å². The molecule has 0 bridgehead atoms. The van der Waals surface area contributed by atoms with E-state index >= 15 is 0 Å². The number of nitrogens with zero attached hydrogens (tertiary/aromatic N) is 3. The normalized spacial score (nSPS) is 19.7. The number of aryl methyl sites for hydroxylation is 1. The summed E-state index contributed by atoms with van der Waals surface area (Å²) in [6.45, 7) is 7.64. The maximum absolute atomic E-state index is 12.1. The summed E-state index contributed by atoms with van der Waals surface area (Å²) in [5.74, 6) is 0.524. The van der Waals surface area contributed by atoms with Gasteiger partial charge in [0.05, 0.1) is 24.7 Å². The topological polar surface area (TPSA) is 73.4 Å². The lowest BCUT2D eigenvalue weighted by atomic mass is 9.97. The Kier molecular flexibility index (Phi) is 5.76. The first kappa shape index (κ1) is 16.0. The summed E-state index contributed by atoms with van der Waals surface area (Å²) >= 11 is 0. The number of ether oxygens (including phenoxy) is 1. The Morgan fingerprint density at radius 1 is 1.57 bits per heavy atom. The molecule has 2 heterocycles. The summed E-state index contributed by atoms with van der Waals surface area (Å²) < 4.78 is 7.41. The molecule has 1 aromatic rings. The average molecular weight is 294 g/mol. The van der Waals surface area contributed by atoms with Crippen molar-refractivity contribution in [2.45, 2.75) is 39.3 Å².